The first-order valence-electron chi connectivity index (χ1n) is 7.20. The summed E-state index contributed by atoms with van der Waals surface area (Å²) in [4.78, 5) is 20.0. The minimum Gasteiger partial charge on any atom is -0.387 e. The van der Waals surface area contributed by atoms with Crippen LogP contribution in [0.15, 0.2) is 35.5 Å². The molecule has 0 saturated carbocycles. The lowest BCUT2D eigenvalue weighted by Gasteiger charge is -2.38. The zero-order valence-corrected chi connectivity index (χ0v) is 11.8. The molecule has 1 saturated heterocycles. The fourth-order valence-electron chi connectivity index (χ4n) is 3.12. The molecule has 2 aliphatic heterocycles. The molecule has 1 aromatic carbocycles. The summed E-state index contributed by atoms with van der Waals surface area (Å²) in [6, 6.07) is 9.90. The van der Waals surface area contributed by atoms with Crippen LogP contribution in [0.2, 0.25) is 0 Å². The molecule has 3 rings (SSSR count). The molecule has 2 aliphatic rings. The first-order chi connectivity index (χ1) is 9.67. The molecule has 1 spiro atoms. The number of hydrogen-bond acceptors (Lipinski definition) is 3. The Bertz CT molecular complexity index is 527. The average Bonchev–Trinajstić information content (AvgIpc) is 2.80. The van der Waals surface area contributed by atoms with Crippen molar-refractivity contribution in [2.45, 2.75) is 38.2 Å². The summed E-state index contributed by atoms with van der Waals surface area (Å²) in [6.07, 6.45) is 3.30. The van der Waals surface area contributed by atoms with Crippen molar-refractivity contribution in [1.82, 2.24) is 4.90 Å². The van der Waals surface area contributed by atoms with Gasteiger partial charge in [0.15, 0.2) is 5.60 Å². The van der Waals surface area contributed by atoms with Crippen LogP contribution in [0.1, 0.15) is 31.7 Å². The molecule has 1 unspecified atom stereocenters. The summed E-state index contributed by atoms with van der Waals surface area (Å²) in [6.45, 7) is 3.48. The number of hydrogen-bond donors (Lipinski definition) is 0. The van der Waals surface area contributed by atoms with Gasteiger partial charge in [0, 0.05) is 13.0 Å². The number of carbonyl (C=O) groups excluding carboxylic acids is 1. The lowest BCUT2D eigenvalue weighted by atomic mass is 9.88. The Hall–Kier alpha value is -1.84. The maximum absolute atomic E-state index is 12.4. The predicted molar refractivity (Wildman–Crippen MR) is 77.5 cm³/mol. The van der Waals surface area contributed by atoms with Crippen LogP contribution in [0.4, 0.5) is 0 Å². The second-order valence-electron chi connectivity index (χ2n) is 5.86. The number of likely N-dealkylation sites (tertiary alicyclic amines) is 1. The molecule has 1 amide bonds. The Morgan fingerprint density at radius 1 is 1.40 bits per heavy atom. The van der Waals surface area contributed by atoms with Crippen LogP contribution < -0.4 is 0 Å². The van der Waals surface area contributed by atoms with Gasteiger partial charge >= 0.3 is 0 Å². The van der Waals surface area contributed by atoms with Gasteiger partial charge in [0.25, 0.3) is 0 Å². The maximum atomic E-state index is 12.4. The molecule has 1 aromatic rings. The number of amides is 1. The van der Waals surface area contributed by atoms with Crippen molar-refractivity contribution in [2.75, 3.05) is 13.1 Å². The average molecular weight is 272 g/mol. The molecule has 20 heavy (non-hydrogen) atoms. The van der Waals surface area contributed by atoms with E-state index in [1.165, 1.54) is 0 Å². The highest BCUT2D eigenvalue weighted by molar-refractivity contribution is 5.84. The zero-order chi connectivity index (χ0) is 14.0. The van der Waals surface area contributed by atoms with Crippen LogP contribution in [0.25, 0.3) is 0 Å². The van der Waals surface area contributed by atoms with Gasteiger partial charge in [-0.15, -0.1) is 0 Å². The normalized spacial score (nSPS) is 25.4. The fraction of sp³-hybridized carbons (Fsp3) is 0.500. The second kappa shape index (κ2) is 5.27. The molecule has 0 aromatic heterocycles. The van der Waals surface area contributed by atoms with E-state index in [1.807, 2.05) is 42.2 Å². The first kappa shape index (κ1) is 13.2. The summed E-state index contributed by atoms with van der Waals surface area (Å²) in [5.74, 6) is 0.184. The first-order valence-corrected chi connectivity index (χ1v) is 7.20. The molecular formula is C16H20N2O2. The fourth-order valence-corrected chi connectivity index (χ4v) is 3.12. The third-order valence-corrected chi connectivity index (χ3v) is 4.06. The molecular weight excluding hydrogens is 252 g/mol. The van der Waals surface area contributed by atoms with E-state index in [-0.39, 0.29) is 11.5 Å². The van der Waals surface area contributed by atoms with Gasteiger partial charge in [0.05, 0.1) is 18.7 Å². The molecule has 2 heterocycles. The van der Waals surface area contributed by atoms with Crippen LogP contribution in [0.3, 0.4) is 0 Å². The van der Waals surface area contributed by atoms with Crippen molar-refractivity contribution >= 4 is 11.6 Å². The van der Waals surface area contributed by atoms with Crippen molar-refractivity contribution in [2.24, 2.45) is 5.16 Å². The molecule has 0 N–H and O–H groups in total. The number of oxime groups is 1. The maximum Gasteiger partial charge on any atom is 0.227 e. The Balaban J connectivity index is 1.64. The molecule has 0 bridgehead atoms. The minimum absolute atomic E-state index is 0.184. The van der Waals surface area contributed by atoms with Crippen molar-refractivity contribution < 1.29 is 9.63 Å². The standard InChI is InChI=1S/C16H20N2O2/c1-13-11-16(20-17-13)8-5-9-18(12-16)15(19)10-14-6-3-2-4-7-14/h2-4,6-7H,5,8-12H2,1H3. The topological polar surface area (TPSA) is 41.9 Å². The van der Waals surface area contributed by atoms with Gasteiger partial charge in [-0.25, -0.2) is 0 Å². The van der Waals surface area contributed by atoms with Crippen LogP contribution in [-0.2, 0) is 16.1 Å². The van der Waals surface area contributed by atoms with Gasteiger partial charge in [-0.1, -0.05) is 35.5 Å². The SMILES string of the molecule is CC1=NOC2(CCCN(C(=O)Cc3ccccc3)C2)C1. The highest BCUT2D eigenvalue weighted by Gasteiger charge is 2.42. The van der Waals surface area contributed by atoms with Gasteiger partial charge in [-0.2, -0.15) is 0 Å². The molecule has 4 heteroatoms. The Kier molecular flexibility index (Phi) is 3.47. The third kappa shape index (κ3) is 2.69. The van der Waals surface area contributed by atoms with E-state index in [0.29, 0.717) is 13.0 Å². The Labute approximate surface area is 119 Å². The van der Waals surface area contributed by atoms with E-state index in [9.17, 15) is 4.79 Å². The summed E-state index contributed by atoms with van der Waals surface area (Å²) < 4.78 is 0. The van der Waals surface area contributed by atoms with E-state index in [4.69, 9.17) is 4.84 Å². The van der Waals surface area contributed by atoms with E-state index in [0.717, 1.165) is 37.1 Å². The van der Waals surface area contributed by atoms with Crippen molar-refractivity contribution in [3.63, 3.8) is 0 Å². The molecule has 106 valence electrons. The van der Waals surface area contributed by atoms with E-state index in [1.54, 1.807) is 0 Å². The lowest BCUT2D eigenvalue weighted by Crippen LogP contribution is -2.50. The zero-order valence-electron chi connectivity index (χ0n) is 11.8. The largest absolute Gasteiger partial charge is 0.387 e. The lowest BCUT2D eigenvalue weighted by molar-refractivity contribution is -0.139. The number of carbonyl (C=O) groups is 1. The quantitative estimate of drug-likeness (QED) is 0.829. The van der Waals surface area contributed by atoms with Crippen LogP contribution >= 0.6 is 0 Å². The van der Waals surface area contributed by atoms with Crippen molar-refractivity contribution in [3.05, 3.63) is 35.9 Å². The van der Waals surface area contributed by atoms with Crippen molar-refractivity contribution in [3.8, 4) is 0 Å². The van der Waals surface area contributed by atoms with Gasteiger partial charge < -0.3 is 9.74 Å². The van der Waals surface area contributed by atoms with Crippen LogP contribution in [0, 0.1) is 0 Å². The highest BCUT2D eigenvalue weighted by atomic mass is 16.7. The van der Waals surface area contributed by atoms with Gasteiger partial charge in [0.2, 0.25) is 5.91 Å². The van der Waals surface area contributed by atoms with E-state index >= 15 is 0 Å². The summed E-state index contributed by atoms with van der Waals surface area (Å²) in [5.41, 5.74) is 1.84. The number of benzene rings is 1. The second-order valence-corrected chi connectivity index (χ2v) is 5.86. The predicted octanol–water partition coefficient (Wildman–Crippen LogP) is 2.39. The summed E-state index contributed by atoms with van der Waals surface area (Å²) >= 11 is 0. The van der Waals surface area contributed by atoms with Crippen molar-refractivity contribution in [1.29, 1.82) is 0 Å². The van der Waals surface area contributed by atoms with Gasteiger partial charge in [-0.05, 0) is 25.3 Å². The van der Waals surface area contributed by atoms with E-state index in [2.05, 4.69) is 5.16 Å². The monoisotopic (exact) mass is 272 g/mol. The van der Waals surface area contributed by atoms with Crippen LogP contribution in [-0.4, -0.2) is 35.2 Å². The summed E-state index contributed by atoms with van der Waals surface area (Å²) in [7, 11) is 0. The number of nitrogens with zero attached hydrogens (tertiary/aromatic N) is 2. The molecule has 0 radical (unpaired) electrons. The molecule has 0 aliphatic carbocycles. The van der Waals surface area contributed by atoms with Gasteiger partial charge in [-0.3, -0.25) is 4.79 Å². The third-order valence-electron chi connectivity index (χ3n) is 4.06. The molecule has 1 fully saturated rings. The Morgan fingerprint density at radius 3 is 2.90 bits per heavy atom. The van der Waals surface area contributed by atoms with Gasteiger partial charge in [0.1, 0.15) is 0 Å². The minimum atomic E-state index is -0.255. The number of piperidine rings is 1. The molecule has 1 atom stereocenters. The highest BCUT2D eigenvalue weighted by Crippen LogP contribution is 2.33. The molecule has 4 nitrogen and oxygen atoms in total. The van der Waals surface area contributed by atoms with Crippen LogP contribution in [0.5, 0.6) is 0 Å². The smallest absolute Gasteiger partial charge is 0.227 e. The Morgan fingerprint density at radius 2 is 2.20 bits per heavy atom. The number of rotatable bonds is 2. The summed E-state index contributed by atoms with van der Waals surface area (Å²) in [5, 5.41) is 4.07. The van der Waals surface area contributed by atoms with E-state index < -0.39 is 0 Å².